The highest BCUT2D eigenvalue weighted by atomic mass is 15.2. The van der Waals surface area contributed by atoms with Crippen LogP contribution >= 0.6 is 0 Å². The third-order valence-corrected chi connectivity index (χ3v) is 5.22. The van der Waals surface area contributed by atoms with Gasteiger partial charge in [0.2, 0.25) is 0 Å². The van der Waals surface area contributed by atoms with Crippen molar-refractivity contribution < 1.29 is 0 Å². The maximum absolute atomic E-state index is 4.66. The molecule has 1 aromatic carbocycles. The Morgan fingerprint density at radius 1 is 1.04 bits per heavy atom. The van der Waals surface area contributed by atoms with Crippen LogP contribution in [0.2, 0.25) is 0 Å². The Kier molecular flexibility index (Phi) is 4.81. The summed E-state index contributed by atoms with van der Waals surface area (Å²) in [5.74, 6) is 0. The molecule has 0 amide bonds. The van der Waals surface area contributed by atoms with E-state index in [1.807, 2.05) is 6.07 Å². The molecule has 0 spiro atoms. The molecule has 3 heterocycles. The fourth-order valence-electron chi connectivity index (χ4n) is 3.89. The molecule has 4 nitrogen and oxygen atoms in total. The van der Waals surface area contributed by atoms with Crippen molar-refractivity contribution in [3.63, 3.8) is 0 Å². The van der Waals surface area contributed by atoms with Crippen molar-refractivity contribution in [2.75, 3.05) is 19.6 Å². The molecule has 0 radical (unpaired) electrons. The van der Waals surface area contributed by atoms with Crippen LogP contribution in [0.1, 0.15) is 35.8 Å². The van der Waals surface area contributed by atoms with E-state index in [0.717, 1.165) is 24.4 Å². The summed E-state index contributed by atoms with van der Waals surface area (Å²) < 4.78 is 2.19. The molecular formula is C21H26N4. The number of nitrogens with one attached hydrogen (secondary N) is 1. The summed E-state index contributed by atoms with van der Waals surface area (Å²) in [7, 11) is 0. The lowest BCUT2D eigenvalue weighted by molar-refractivity contribution is 0.238. The molecule has 0 bridgehead atoms. The molecule has 0 aliphatic carbocycles. The summed E-state index contributed by atoms with van der Waals surface area (Å²) in [5, 5.41) is 3.69. The minimum absolute atomic E-state index is 0.447. The number of benzene rings is 1. The lowest BCUT2D eigenvalue weighted by Crippen LogP contribution is -2.34. The summed E-state index contributed by atoms with van der Waals surface area (Å²) in [4.78, 5) is 7.27. The zero-order valence-corrected chi connectivity index (χ0v) is 14.9. The Hall–Kier alpha value is -2.17. The van der Waals surface area contributed by atoms with Crippen molar-refractivity contribution in [3.05, 3.63) is 71.7 Å². The van der Waals surface area contributed by atoms with E-state index in [-0.39, 0.29) is 0 Å². The van der Waals surface area contributed by atoms with Gasteiger partial charge in [-0.2, -0.15) is 0 Å². The van der Waals surface area contributed by atoms with Gasteiger partial charge in [-0.25, -0.2) is 4.98 Å². The molecule has 1 saturated heterocycles. The first-order valence-electron chi connectivity index (χ1n) is 9.25. The van der Waals surface area contributed by atoms with E-state index < -0.39 is 0 Å². The third-order valence-electron chi connectivity index (χ3n) is 5.22. The van der Waals surface area contributed by atoms with Gasteiger partial charge in [0.05, 0.1) is 11.4 Å². The van der Waals surface area contributed by atoms with Crippen molar-refractivity contribution in [1.29, 1.82) is 0 Å². The molecule has 130 valence electrons. The molecule has 1 N–H and O–H groups in total. The van der Waals surface area contributed by atoms with Gasteiger partial charge in [-0.05, 0) is 50.6 Å². The zero-order valence-electron chi connectivity index (χ0n) is 14.9. The number of hydrogen-bond acceptors (Lipinski definition) is 3. The quantitative estimate of drug-likeness (QED) is 0.748. The molecule has 1 unspecified atom stereocenters. The lowest BCUT2D eigenvalue weighted by atomic mass is 10.1. The van der Waals surface area contributed by atoms with Crippen LogP contribution in [-0.4, -0.2) is 33.9 Å². The lowest BCUT2D eigenvalue weighted by Gasteiger charge is -2.28. The Balaban J connectivity index is 1.48. The molecule has 4 heteroatoms. The van der Waals surface area contributed by atoms with E-state index >= 15 is 0 Å². The van der Waals surface area contributed by atoms with Gasteiger partial charge in [-0.1, -0.05) is 36.4 Å². The molecule has 25 heavy (non-hydrogen) atoms. The molecule has 2 aromatic heterocycles. The molecule has 3 aromatic rings. The van der Waals surface area contributed by atoms with E-state index in [1.54, 1.807) is 0 Å². The molecule has 1 aliphatic rings. The topological polar surface area (TPSA) is 32.6 Å². The number of fused-ring (bicyclic) bond motifs is 1. The van der Waals surface area contributed by atoms with E-state index in [1.165, 1.54) is 37.2 Å². The average Bonchev–Trinajstić information content (AvgIpc) is 3.27. The number of aromatic nitrogens is 2. The number of pyridine rings is 1. The average molecular weight is 334 g/mol. The highest BCUT2D eigenvalue weighted by Crippen LogP contribution is 2.24. The highest BCUT2D eigenvalue weighted by Gasteiger charge is 2.23. The second-order valence-corrected chi connectivity index (χ2v) is 6.87. The van der Waals surface area contributed by atoms with Crippen LogP contribution in [0.4, 0.5) is 0 Å². The van der Waals surface area contributed by atoms with Crippen LogP contribution in [0.3, 0.4) is 0 Å². The second-order valence-electron chi connectivity index (χ2n) is 6.87. The SMILES string of the molecule is Cc1nc2ccccn2c1CNCC(c1ccccc1)N1CCCC1. The van der Waals surface area contributed by atoms with Crippen molar-refractivity contribution in [3.8, 4) is 0 Å². The first-order chi connectivity index (χ1) is 12.3. The minimum atomic E-state index is 0.447. The Bertz CT molecular complexity index is 818. The molecular weight excluding hydrogens is 308 g/mol. The van der Waals surface area contributed by atoms with E-state index in [2.05, 4.69) is 75.2 Å². The van der Waals surface area contributed by atoms with Crippen LogP contribution in [0, 0.1) is 6.92 Å². The van der Waals surface area contributed by atoms with Crippen LogP contribution in [0.25, 0.3) is 5.65 Å². The number of nitrogens with zero attached hydrogens (tertiary/aromatic N) is 3. The maximum Gasteiger partial charge on any atom is 0.137 e. The minimum Gasteiger partial charge on any atom is -0.309 e. The summed E-state index contributed by atoms with van der Waals surface area (Å²) in [6, 6.07) is 17.5. The number of rotatable bonds is 6. The monoisotopic (exact) mass is 334 g/mol. The molecule has 1 aliphatic heterocycles. The van der Waals surface area contributed by atoms with Crippen LogP contribution in [0.5, 0.6) is 0 Å². The highest BCUT2D eigenvalue weighted by molar-refractivity contribution is 5.42. The molecule has 0 saturated carbocycles. The first kappa shape index (κ1) is 16.3. The van der Waals surface area contributed by atoms with Gasteiger partial charge in [0.15, 0.2) is 0 Å². The van der Waals surface area contributed by atoms with Gasteiger partial charge in [-0.3, -0.25) is 4.90 Å². The summed E-state index contributed by atoms with van der Waals surface area (Å²) in [6.45, 7) is 6.31. The van der Waals surface area contributed by atoms with E-state index in [0.29, 0.717) is 6.04 Å². The number of aryl methyl sites for hydroxylation is 1. The Morgan fingerprint density at radius 3 is 2.60 bits per heavy atom. The standard InChI is InChI=1S/C21H26N4/c1-17-19(25-14-6-5-11-21(25)23-17)15-22-16-20(24-12-7-8-13-24)18-9-3-2-4-10-18/h2-6,9-11,14,20,22H,7-8,12-13,15-16H2,1H3. The van der Waals surface area contributed by atoms with Gasteiger partial charge >= 0.3 is 0 Å². The van der Waals surface area contributed by atoms with Gasteiger partial charge < -0.3 is 9.72 Å². The van der Waals surface area contributed by atoms with Gasteiger partial charge in [-0.15, -0.1) is 0 Å². The van der Waals surface area contributed by atoms with Crippen LogP contribution < -0.4 is 5.32 Å². The maximum atomic E-state index is 4.66. The van der Waals surface area contributed by atoms with Crippen molar-refractivity contribution in [2.24, 2.45) is 0 Å². The first-order valence-corrected chi connectivity index (χ1v) is 9.25. The van der Waals surface area contributed by atoms with Crippen LogP contribution in [0.15, 0.2) is 54.7 Å². The smallest absolute Gasteiger partial charge is 0.137 e. The Labute approximate surface area is 149 Å². The predicted octanol–water partition coefficient (Wildman–Crippen LogP) is 3.57. The largest absolute Gasteiger partial charge is 0.309 e. The molecule has 1 atom stereocenters. The fraction of sp³-hybridized carbons (Fsp3) is 0.381. The van der Waals surface area contributed by atoms with Gasteiger partial charge in [0.1, 0.15) is 5.65 Å². The molecule has 1 fully saturated rings. The van der Waals surface area contributed by atoms with Gasteiger partial charge in [0, 0.05) is 25.3 Å². The third kappa shape index (κ3) is 3.46. The zero-order chi connectivity index (χ0) is 17.1. The van der Waals surface area contributed by atoms with Gasteiger partial charge in [0.25, 0.3) is 0 Å². The summed E-state index contributed by atoms with van der Waals surface area (Å²) >= 11 is 0. The van der Waals surface area contributed by atoms with Crippen molar-refractivity contribution in [1.82, 2.24) is 19.6 Å². The number of hydrogen-bond donors (Lipinski definition) is 1. The Morgan fingerprint density at radius 2 is 1.80 bits per heavy atom. The number of imidazole rings is 1. The predicted molar refractivity (Wildman–Crippen MR) is 102 cm³/mol. The van der Waals surface area contributed by atoms with E-state index in [9.17, 15) is 0 Å². The van der Waals surface area contributed by atoms with Crippen molar-refractivity contribution >= 4 is 5.65 Å². The second kappa shape index (κ2) is 7.38. The fourth-order valence-corrected chi connectivity index (χ4v) is 3.89. The van der Waals surface area contributed by atoms with Crippen molar-refractivity contribution in [2.45, 2.75) is 32.4 Å². The normalized spacial score (nSPS) is 16.5. The van der Waals surface area contributed by atoms with E-state index in [4.69, 9.17) is 0 Å². The molecule has 4 rings (SSSR count). The summed E-state index contributed by atoms with van der Waals surface area (Å²) in [5.41, 5.74) is 4.79. The number of likely N-dealkylation sites (tertiary alicyclic amines) is 1. The summed E-state index contributed by atoms with van der Waals surface area (Å²) in [6.07, 6.45) is 4.73. The van der Waals surface area contributed by atoms with Crippen LogP contribution in [-0.2, 0) is 6.54 Å².